The fourth-order valence-corrected chi connectivity index (χ4v) is 3.69. The van der Waals surface area contributed by atoms with Crippen LogP contribution in [0.4, 0.5) is 5.69 Å². The Hall–Kier alpha value is -5.23. The second-order valence-corrected chi connectivity index (χ2v) is 8.34. The first-order valence-corrected chi connectivity index (χ1v) is 11.8. The SMILES string of the molecule is CNC(=O)c1cc(-c2cc(-c3cc(NC(=O)c4cc(C(N)=O)cnn4)ccc3C)cc(OCCO)n2)ccn1. The molecule has 0 bridgehead atoms. The maximum Gasteiger partial charge on any atom is 0.276 e. The summed E-state index contributed by atoms with van der Waals surface area (Å²) >= 11 is 0. The predicted molar refractivity (Wildman–Crippen MR) is 142 cm³/mol. The van der Waals surface area contributed by atoms with Gasteiger partial charge in [0, 0.05) is 30.6 Å². The van der Waals surface area contributed by atoms with Crippen LogP contribution >= 0.6 is 0 Å². The maximum absolute atomic E-state index is 12.8. The third-order valence-electron chi connectivity index (χ3n) is 5.64. The number of carbonyl (C=O) groups excluding carboxylic acids is 3. The van der Waals surface area contributed by atoms with Crippen molar-refractivity contribution in [3.8, 4) is 28.3 Å². The Morgan fingerprint density at radius 2 is 1.82 bits per heavy atom. The van der Waals surface area contributed by atoms with Gasteiger partial charge in [-0.15, -0.1) is 5.10 Å². The van der Waals surface area contributed by atoms with Crippen molar-refractivity contribution in [2.75, 3.05) is 25.6 Å². The highest BCUT2D eigenvalue weighted by atomic mass is 16.5. The van der Waals surface area contributed by atoms with E-state index in [1.54, 1.807) is 30.3 Å². The zero-order valence-corrected chi connectivity index (χ0v) is 21.1. The average Bonchev–Trinajstić information content (AvgIpc) is 2.96. The van der Waals surface area contributed by atoms with Gasteiger partial charge >= 0.3 is 0 Å². The van der Waals surface area contributed by atoms with Crippen LogP contribution in [0.15, 0.2) is 60.9 Å². The molecule has 5 N–H and O–H groups in total. The van der Waals surface area contributed by atoms with E-state index in [-0.39, 0.29) is 42.0 Å². The molecule has 39 heavy (non-hydrogen) atoms. The molecular weight excluding hydrogens is 502 g/mol. The highest BCUT2D eigenvalue weighted by Gasteiger charge is 2.15. The molecule has 4 rings (SSSR count). The number of pyridine rings is 2. The molecule has 1 aromatic carbocycles. The summed E-state index contributed by atoms with van der Waals surface area (Å²) in [6.45, 7) is 1.75. The van der Waals surface area contributed by atoms with Crippen molar-refractivity contribution < 1.29 is 24.2 Å². The van der Waals surface area contributed by atoms with Gasteiger partial charge in [-0.3, -0.25) is 19.4 Å². The summed E-state index contributed by atoms with van der Waals surface area (Å²) in [4.78, 5) is 45.0. The molecule has 0 unspecified atom stereocenters. The Morgan fingerprint density at radius 3 is 2.56 bits per heavy atom. The van der Waals surface area contributed by atoms with E-state index in [0.29, 0.717) is 16.9 Å². The second kappa shape index (κ2) is 11.9. The highest BCUT2D eigenvalue weighted by Crippen LogP contribution is 2.32. The largest absolute Gasteiger partial charge is 0.475 e. The van der Waals surface area contributed by atoms with Crippen LogP contribution in [0.2, 0.25) is 0 Å². The van der Waals surface area contributed by atoms with Crippen molar-refractivity contribution in [2.24, 2.45) is 5.73 Å². The number of hydrogen-bond donors (Lipinski definition) is 4. The Balaban J connectivity index is 1.72. The monoisotopic (exact) mass is 527 g/mol. The van der Waals surface area contributed by atoms with Crippen LogP contribution in [0.25, 0.3) is 22.4 Å². The van der Waals surface area contributed by atoms with Crippen LogP contribution in [-0.2, 0) is 0 Å². The fraction of sp³-hybridized carbons (Fsp3) is 0.148. The minimum atomic E-state index is -0.721. The van der Waals surface area contributed by atoms with Crippen molar-refractivity contribution >= 4 is 23.4 Å². The van der Waals surface area contributed by atoms with Gasteiger partial charge in [-0.1, -0.05) is 6.07 Å². The van der Waals surface area contributed by atoms with Crippen LogP contribution in [0, 0.1) is 6.92 Å². The minimum absolute atomic E-state index is 0.0379. The fourth-order valence-electron chi connectivity index (χ4n) is 3.69. The molecule has 0 fully saturated rings. The third kappa shape index (κ3) is 6.37. The number of ether oxygens (including phenoxy) is 1. The molecule has 0 aliphatic heterocycles. The number of carbonyl (C=O) groups is 3. The molecular formula is C27H25N7O5. The van der Waals surface area contributed by atoms with E-state index < -0.39 is 11.8 Å². The molecule has 3 heterocycles. The van der Waals surface area contributed by atoms with Gasteiger partial charge in [0.2, 0.25) is 11.8 Å². The second-order valence-electron chi connectivity index (χ2n) is 8.34. The van der Waals surface area contributed by atoms with Crippen LogP contribution in [0.5, 0.6) is 5.88 Å². The third-order valence-corrected chi connectivity index (χ3v) is 5.64. The van der Waals surface area contributed by atoms with Crippen molar-refractivity contribution in [3.63, 3.8) is 0 Å². The van der Waals surface area contributed by atoms with Gasteiger partial charge in [-0.25, -0.2) is 4.98 Å². The molecule has 12 heteroatoms. The lowest BCUT2D eigenvalue weighted by molar-refractivity contribution is 0.0955. The van der Waals surface area contributed by atoms with Crippen LogP contribution in [-0.4, -0.2) is 63.3 Å². The Bertz CT molecular complexity index is 1560. The van der Waals surface area contributed by atoms with Gasteiger partial charge < -0.3 is 26.2 Å². The number of nitrogens with one attached hydrogen (secondary N) is 2. The number of anilines is 1. The van der Waals surface area contributed by atoms with Gasteiger partial charge in [-0.2, -0.15) is 5.10 Å². The molecule has 0 atom stereocenters. The summed E-state index contributed by atoms with van der Waals surface area (Å²) in [6, 6.07) is 13.5. The number of benzene rings is 1. The molecule has 0 aliphatic carbocycles. The van der Waals surface area contributed by atoms with Crippen molar-refractivity contribution in [3.05, 3.63) is 83.4 Å². The Labute approximate surface area is 223 Å². The van der Waals surface area contributed by atoms with Gasteiger partial charge in [-0.05, 0) is 60.0 Å². The quantitative estimate of drug-likeness (QED) is 0.253. The average molecular weight is 528 g/mol. The number of hydrogen-bond acceptors (Lipinski definition) is 9. The molecule has 3 aromatic heterocycles. The lowest BCUT2D eigenvalue weighted by Gasteiger charge is -2.14. The van der Waals surface area contributed by atoms with E-state index in [2.05, 4.69) is 30.8 Å². The number of amides is 3. The van der Waals surface area contributed by atoms with E-state index in [1.165, 1.54) is 25.5 Å². The molecule has 3 amide bonds. The summed E-state index contributed by atoms with van der Waals surface area (Å²) in [5.74, 6) is -1.36. The zero-order valence-electron chi connectivity index (χ0n) is 21.1. The summed E-state index contributed by atoms with van der Waals surface area (Å²) in [5, 5.41) is 22.0. The molecule has 0 aliphatic rings. The van der Waals surface area contributed by atoms with E-state index in [4.69, 9.17) is 10.5 Å². The van der Waals surface area contributed by atoms with Gasteiger partial charge in [0.1, 0.15) is 12.3 Å². The van der Waals surface area contributed by atoms with Crippen molar-refractivity contribution in [1.29, 1.82) is 0 Å². The molecule has 0 saturated heterocycles. The van der Waals surface area contributed by atoms with E-state index >= 15 is 0 Å². The van der Waals surface area contributed by atoms with E-state index in [9.17, 15) is 19.5 Å². The summed E-state index contributed by atoms with van der Waals surface area (Å²) in [5.41, 5.74) is 9.49. The smallest absolute Gasteiger partial charge is 0.276 e. The van der Waals surface area contributed by atoms with Crippen molar-refractivity contribution in [1.82, 2.24) is 25.5 Å². The Morgan fingerprint density at radius 1 is 1.00 bits per heavy atom. The summed E-state index contributed by atoms with van der Waals surface area (Å²) in [7, 11) is 1.52. The molecule has 0 spiro atoms. The number of aliphatic hydroxyl groups excluding tert-OH is 1. The normalized spacial score (nSPS) is 10.5. The lowest BCUT2D eigenvalue weighted by Crippen LogP contribution is -2.19. The number of aromatic nitrogens is 4. The molecule has 4 aromatic rings. The van der Waals surface area contributed by atoms with Crippen LogP contribution in [0.3, 0.4) is 0 Å². The molecule has 12 nitrogen and oxygen atoms in total. The van der Waals surface area contributed by atoms with Crippen molar-refractivity contribution in [2.45, 2.75) is 6.92 Å². The number of nitrogens with two attached hydrogens (primary N) is 1. The number of aryl methyl sites for hydroxylation is 1. The summed E-state index contributed by atoms with van der Waals surface area (Å²) < 4.78 is 5.62. The lowest BCUT2D eigenvalue weighted by atomic mass is 9.98. The number of nitrogens with zero attached hydrogens (tertiary/aromatic N) is 4. The predicted octanol–water partition coefficient (Wildman–Crippen LogP) is 1.99. The first-order chi connectivity index (χ1) is 18.8. The number of aliphatic hydroxyl groups is 1. The molecule has 198 valence electrons. The van der Waals surface area contributed by atoms with Gasteiger partial charge in [0.15, 0.2) is 5.69 Å². The van der Waals surface area contributed by atoms with Gasteiger partial charge in [0.25, 0.3) is 11.8 Å². The van der Waals surface area contributed by atoms with Gasteiger partial charge in [0.05, 0.1) is 24.1 Å². The minimum Gasteiger partial charge on any atom is -0.475 e. The first kappa shape index (κ1) is 26.8. The number of primary amides is 1. The molecule has 0 radical (unpaired) electrons. The van der Waals surface area contributed by atoms with Crippen LogP contribution in [0.1, 0.15) is 36.9 Å². The maximum atomic E-state index is 12.8. The van der Waals surface area contributed by atoms with Crippen LogP contribution < -0.4 is 21.1 Å². The molecule has 0 saturated carbocycles. The Kier molecular flexibility index (Phi) is 8.17. The zero-order chi connectivity index (χ0) is 27.9. The highest BCUT2D eigenvalue weighted by molar-refractivity contribution is 6.04. The van der Waals surface area contributed by atoms with E-state index in [1.807, 2.05) is 19.1 Å². The van der Waals surface area contributed by atoms with E-state index in [0.717, 1.165) is 16.7 Å². The first-order valence-electron chi connectivity index (χ1n) is 11.8. The number of rotatable bonds is 9. The standard InChI is InChI=1S/C27H25N7O5/c1-15-3-4-19(32-27(38)23-11-18(25(28)36)14-31-34-23)13-20(15)17-10-21(33-24(12-17)39-8-7-35)16-5-6-30-22(9-16)26(37)29-2/h3-6,9-14,35H,7-8H2,1-2H3,(H2,28,36)(H,29,37)(H,32,38). The summed E-state index contributed by atoms with van der Waals surface area (Å²) in [6.07, 6.45) is 2.70. The topological polar surface area (TPSA) is 182 Å².